The van der Waals surface area contributed by atoms with Crippen LogP contribution in [0, 0.1) is 5.92 Å². The smallest absolute Gasteiger partial charge is 0.406 e. The third-order valence-electron chi connectivity index (χ3n) is 1.97. The second-order valence-electron chi connectivity index (χ2n) is 4.19. The second kappa shape index (κ2) is 5.17. The van der Waals surface area contributed by atoms with E-state index in [0.717, 1.165) is 24.3 Å². The molecule has 0 aliphatic heterocycles. The van der Waals surface area contributed by atoms with Gasteiger partial charge in [0, 0.05) is 0 Å². The lowest BCUT2D eigenvalue weighted by Gasteiger charge is -2.10. The first-order valence-corrected chi connectivity index (χ1v) is 6.84. The second-order valence-corrected chi connectivity index (χ2v) is 6.23. The van der Waals surface area contributed by atoms with Crippen molar-refractivity contribution >= 4 is 9.84 Å². The molecule has 7 heteroatoms. The summed E-state index contributed by atoms with van der Waals surface area (Å²) in [4.78, 5) is -0.00859. The fraction of sp³-hybridized carbons (Fsp3) is 0.455. The summed E-state index contributed by atoms with van der Waals surface area (Å²) >= 11 is 0. The number of benzene rings is 1. The molecule has 3 nitrogen and oxygen atoms in total. The highest BCUT2D eigenvalue weighted by atomic mass is 32.2. The Labute approximate surface area is 103 Å². The summed E-state index contributed by atoms with van der Waals surface area (Å²) in [5, 5.41) is 0. The van der Waals surface area contributed by atoms with Crippen molar-refractivity contribution in [1.29, 1.82) is 0 Å². The van der Waals surface area contributed by atoms with Gasteiger partial charge < -0.3 is 4.74 Å². The maximum atomic E-state index is 11.9. The van der Waals surface area contributed by atoms with E-state index in [1.165, 1.54) is 0 Å². The van der Waals surface area contributed by atoms with Crippen LogP contribution < -0.4 is 4.74 Å². The number of halogens is 3. The van der Waals surface area contributed by atoms with E-state index in [4.69, 9.17) is 0 Å². The molecule has 0 saturated carbocycles. The van der Waals surface area contributed by atoms with Crippen LogP contribution in [-0.4, -0.2) is 20.5 Å². The monoisotopic (exact) mass is 282 g/mol. The van der Waals surface area contributed by atoms with Gasteiger partial charge in [0.15, 0.2) is 9.84 Å². The van der Waals surface area contributed by atoms with Crippen LogP contribution >= 0.6 is 0 Å². The lowest BCUT2D eigenvalue weighted by molar-refractivity contribution is -0.274. The van der Waals surface area contributed by atoms with E-state index in [9.17, 15) is 21.6 Å². The van der Waals surface area contributed by atoms with Crippen LogP contribution in [0.25, 0.3) is 0 Å². The van der Waals surface area contributed by atoms with Crippen LogP contribution in [0.2, 0.25) is 0 Å². The topological polar surface area (TPSA) is 43.4 Å². The van der Waals surface area contributed by atoms with Crippen LogP contribution in [0.3, 0.4) is 0 Å². The Hall–Kier alpha value is -1.24. The maximum absolute atomic E-state index is 11.9. The first-order chi connectivity index (χ1) is 8.10. The summed E-state index contributed by atoms with van der Waals surface area (Å²) in [7, 11) is -3.46. The van der Waals surface area contributed by atoms with Crippen LogP contribution in [0.5, 0.6) is 5.75 Å². The lowest BCUT2D eigenvalue weighted by atomic mass is 10.3. The fourth-order valence-corrected chi connectivity index (χ4v) is 3.00. The quantitative estimate of drug-likeness (QED) is 0.852. The summed E-state index contributed by atoms with van der Waals surface area (Å²) in [5.41, 5.74) is 0. The molecule has 0 amide bonds. The van der Waals surface area contributed by atoms with Gasteiger partial charge in [-0.05, 0) is 30.2 Å². The van der Waals surface area contributed by atoms with E-state index in [1.807, 2.05) is 0 Å². The molecular weight excluding hydrogens is 269 g/mol. The Kier molecular flexibility index (Phi) is 4.26. The van der Waals surface area contributed by atoms with Gasteiger partial charge in [-0.25, -0.2) is 8.42 Å². The molecule has 0 spiro atoms. The van der Waals surface area contributed by atoms with Gasteiger partial charge in [0.25, 0.3) is 0 Å². The highest BCUT2D eigenvalue weighted by molar-refractivity contribution is 7.91. The first kappa shape index (κ1) is 14.8. The number of hydrogen-bond donors (Lipinski definition) is 0. The van der Waals surface area contributed by atoms with Gasteiger partial charge in [-0.2, -0.15) is 0 Å². The van der Waals surface area contributed by atoms with Crippen LogP contribution in [0.4, 0.5) is 13.2 Å². The molecular formula is C11H13F3O3S. The molecule has 1 aromatic rings. The highest BCUT2D eigenvalue weighted by Crippen LogP contribution is 2.24. The van der Waals surface area contributed by atoms with Crippen LogP contribution in [0.1, 0.15) is 13.8 Å². The van der Waals surface area contributed by atoms with Gasteiger partial charge in [0.1, 0.15) is 5.75 Å². The van der Waals surface area contributed by atoms with Crippen molar-refractivity contribution in [3.05, 3.63) is 24.3 Å². The summed E-state index contributed by atoms with van der Waals surface area (Å²) in [5.74, 6) is -0.543. The largest absolute Gasteiger partial charge is 0.573 e. The lowest BCUT2D eigenvalue weighted by Crippen LogP contribution is -2.17. The van der Waals surface area contributed by atoms with E-state index in [2.05, 4.69) is 4.74 Å². The highest BCUT2D eigenvalue weighted by Gasteiger charge is 2.31. The molecule has 0 atom stereocenters. The van der Waals surface area contributed by atoms with E-state index in [1.54, 1.807) is 13.8 Å². The molecule has 102 valence electrons. The Morgan fingerprint density at radius 3 is 2.06 bits per heavy atom. The zero-order valence-corrected chi connectivity index (χ0v) is 10.7. The van der Waals surface area contributed by atoms with E-state index < -0.39 is 21.9 Å². The molecule has 18 heavy (non-hydrogen) atoms. The Morgan fingerprint density at radius 2 is 1.67 bits per heavy atom. The summed E-state index contributed by atoms with van der Waals surface area (Å²) in [6.07, 6.45) is -4.78. The summed E-state index contributed by atoms with van der Waals surface area (Å²) in [6.45, 7) is 3.50. The molecule has 0 unspecified atom stereocenters. The Bertz CT molecular complexity index is 489. The predicted molar refractivity (Wildman–Crippen MR) is 60.0 cm³/mol. The van der Waals surface area contributed by atoms with Crippen molar-refractivity contribution in [2.45, 2.75) is 25.1 Å². The van der Waals surface area contributed by atoms with E-state index in [-0.39, 0.29) is 16.6 Å². The number of rotatable bonds is 4. The number of hydrogen-bond acceptors (Lipinski definition) is 3. The summed E-state index contributed by atoms with van der Waals surface area (Å²) in [6, 6.07) is 4.19. The Balaban J connectivity index is 2.90. The molecule has 0 radical (unpaired) electrons. The van der Waals surface area contributed by atoms with E-state index in [0.29, 0.717) is 0 Å². The normalized spacial score (nSPS) is 12.8. The fourth-order valence-electron chi connectivity index (χ4n) is 1.38. The molecule has 0 aliphatic rings. The zero-order valence-electron chi connectivity index (χ0n) is 9.86. The average molecular weight is 282 g/mol. The van der Waals surface area contributed by atoms with Crippen LogP contribution in [-0.2, 0) is 9.84 Å². The molecule has 1 aromatic carbocycles. The molecule has 0 saturated heterocycles. The van der Waals surface area contributed by atoms with Crippen molar-refractivity contribution in [3.8, 4) is 5.75 Å². The Morgan fingerprint density at radius 1 is 1.17 bits per heavy atom. The van der Waals surface area contributed by atoms with Crippen molar-refractivity contribution in [1.82, 2.24) is 0 Å². The summed E-state index contributed by atoms with van der Waals surface area (Å²) < 4.78 is 62.9. The molecule has 0 heterocycles. The number of sulfone groups is 1. The first-order valence-electron chi connectivity index (χ1n) is 5.19. The predicted octanol–water partition coefficient (Wildman–Crippen LogP) is 3.01. The van der Waals surface area contributed by atoms with Crippen molar-refractivity contribution in [3.63, 3.8) is 0 Å². The van der Waals surface area contributed by atoms with Crippen molar-refractivity contribution in [2.75, 3.05) is 5.75 Å². The van der Waals surface area contributed by atoms with Gasteiger partial charge in [-0.15, -0.1) is 13.2 Å². The molecule has 0 N–H and O–H groups in total. The minimum Gasteiger partial charge on any atom is -0.406 e. The van der Waals surface area contributed by atoms with Crippen molar-refractivity contribution in [2.24, 2.45) is 5.92 Å². The standard InChI is InChI=1S/C11H13F3O3S/c1-8(2)7-18(15,16)10-5-3-9(4-6-10)17-11(12,13)14/h3-6,8H,7H2,1-2H3. The molecule has 0 fully saturated rings. The maximum Gasteiger partial charge on any atom is 0.573 e. The zero-order chi connectivity index (χ0) is 14.0. The molecule has 1 rings (SSSR count). The number of ether oxygens (including phenoxy) is 1. The molecule has 0 aliphatic carbocycles. The van der Waals surface area contributed by atoms with Crippen molar-refractivity contribution < 1.29 is 26.3 Å². The average Bonchev–Trinajstić information content (AvgIpc) is 2.13. The molecule has 0 aromatic heterocycles. The SMILES string of the molecule is CC(C)CS(=O)(=O)c1ccc(OC(F)(F)F)cc1. The minimum absolute atomic E-state index is 0.00859. The van der Waals surface area contributed by atoms with Gasteiger partial charge in [0.05, 0.1) is 10.6 Å². The van der Waals surface area contributed by atoms with Crippen LogP contribution in [0.15, 0.2) is 29.2 Å². The third kappa shape index (κ3) is 4.56. The van der Waals surface area contributed by atoms with E-state index >= 15 is 0 Å². The van der Waals surface area contributed by atoms with Gasteiger partial charge in [-0.1, -0.05) is 13.8 Å². The number of alkyl halides is 3. The van der Waals surface area contributed by atoms with Gasteiger partial charge in [-0.3, -0.25) is 0 Å². The third-order valence-corrected chi connectivity index (χ3v) is 4.07. The van der Waals surface area contributed by atoms with Gasteiger partial charge in [0.2, 0.25) is 0 Å². The minimum atomic E-state index is -4.78. The molecule has 0 bridgehead atoms. The van der Waals surface area contributed by atoms with Gasteiger partial charge >= 0.3 is 6.36 Å².